The van der Waals surface area contributed by atoms with Crippen molar-refractivity contribution in [3.63, 3.8) is 0 Å². The van der Waals surface area contributed by atoms with Crippen molar-refractivity contribution in [1.29, 1.82) is 0 Å². The number of aryl methyl sites for hydroxylation is 2. The summed E-state index contributed by atoms with van der Waals surface area (Å²) in [6.07, 6.45) is 1.21. The zero-order chi connectivity index (χ0) is 26.6. The number of carbonyl (C=O) groups is 5. The van der Waals surface area contributed by atoms with E-state index in [-0.39, 0.29) is 30.6 Å². The molecule has 3 aliphatic rings. The number of carbonyl (C=O) groups excluding carboxylic acids is 5. The van der Waals surface area contributed by atoms with Crippen LogP contribution in [0.4, 0.5) is 0 Å². The molecule has 9 heteroatoms. The highest BCUT2D eigenvalue weighted by molar-refractivity contribution is 6.31. The molecule has 0 aliphatic heterocycles. The average molecular weight is 506 g/mol. The number of Topliss-reactive ketones (excluding diaryl/α,β-unsaturated/α-hetero) is 4. The number of primary amides is 1. The lowest BCUT2D eigenvalue weighted by molar-refractivity contribution is -0.175. The molecule has 0 saturated heterocycles. The van der Waals surface area contributed by atoms with Gasteiger partial charge in [0.1, 0.15) is 11.5 Å². The van der Waals surface area contributed by atoms with Crippen LogP contribution in [0, 0.1) is 23.7 Å². The van der Waals surface area contributed by atoms with Gasteiger partial charge in [0.2, 0.25) is 5.91 Å². The summed E-state index contributed by atoms with van der Waals surface area (Å²) >= 11 is 0. The third-order valence-corrected chi connectivity index (χ3v) is 8.20. The zero-order valence-electron chi connectivity index (χ0n) is 20.2. The van der Waals surface area contributed by atoms with E-state index in [1.165, 1.54) is 6.07 Å². The number of rotatable bonds is 5. The molecule has 3 aliphatic carbocycles. The number of benzene rings is 2. The number of amides is 1. The molecule has 0 bridgehead atoms. The van der Waals surface area contributed by atoms with Crippen molar-refractivity contribution in [3.8, 4) is 11.5 Å². The molecule has 2 aromatic rings. The minimum atomic E-state index is -2.64. The molecule has 9 nitrogen and oxygen atoms in total. The molecule has 192 valence electrons. The smallest absolute Gasteiger partial charge is 0.235 e. The van der Waals surface area contributed by atoms with Gasteiger partial charge >= 0.3 is 0 Å². The number of ketones is 4. The lowest BCUT2D eigenvalue weighted by atomic mass is 9.53. The minimum absolute atomic E-state index is 0.0191. The maximum Gasteiger partial charge on any atom is 0.235 e. The van der Waals surface area contributed by atoms with E-state index in [0.29, 0.717) is 18.4 Å². The number of hydrogen-bond donors (Lipinski definition) is 3. The number of phenolic OH excluding ortho intramolecular Hbond substituents is 1. The van der Waals surface area contributed by atoms with Gasteiger partial charge in [-0.3, -0.25) is 24.0 Å². The first kappa shape index (κ1) is 24.8. The van der Waals surface area contributed by atoms with Crippen LogP contribution in [-0.4, -0.2) is 52.0 Å². The fraction of sp³-hybridized carbons (Fsp3) is 0.393. The molecule has 2 aromatic carbocycles. The number of aromatic hydroxyl groups is 1. The van der Waals surface area contributed by atoms with Crippen LogP contribution in [0.25, 0.3) is 0 Å². The molecule has 0 radical (unpaired) electrons. The van der Waals surface area contributed by atoms with Crippen LogP contribution < -0.4 is 10.5 Å². The molecule has 5 atom stereocenters. The number of fused-ring (bicyclic) bond motifs is 3. The Labute approximate surface area is 212 Å². The highest BCUT2D eigenvalue weighted by Gasteiger charge is 2.66. The Morgan fingerprint density at radius 1 is 1.08 bits per heavy atom. The van der Waals surface area contributed by atoms with Crippen molar-refractivity contribution >= 4 is 29.0 Å². The number of hydrogen-bond acceptors (Lipinski definition) is 8. The lowest BCUT2D eigenvalue weighted by Crippen LogP contribution is -2.68. The molecule has 0 heterocycles. The predicted octanol–water partition coefficient (Wildman–Crippen LogP) is 1.12. The number of nitrogens with two attached hydrogens (primary N) is 1. The van der Waals surface area contributed by atoms with Gasteiger partial charge in [0.05, 0.1) is 18.6 Å². The standard InChI is InChI=1S/C28H27NO8/c1-37-17-4-2-3-13(9-17)5-6-14-7-8-19(30)22-18(14)11-15-10-16-12-20(31)23(27(29)35)26(34)28(16,36)25(33)21(15)24(22)32/h2-4,7-9,15-16,21,23,30,36H,5-6,10-12H2,1H3,(H2,29,35)/t15-,16+,21?,23?,28+/m1/s1. The summed E-state index contributed by atoms with van der Waals surface area (Å²) in [5.74, 6) is -9.30. The molecular formula is C28H27NO8. The molecule has 0 aromatic heterocycles. The first-order chi connectivity index (χ1) is 17.6. The highest BCUT2D eigenvalue weighted by Crippen LogP contribution is 2.50. The largest absolute Gasteiger partial charge is 0.507 e. The van der Waals surface area contributed by atoms with Gasteiger partial charge in [-0.1, -0.05) is 18.2 Å². The first-order valence-electron chi connectivity index (χ1n) is 12.2. The second-order valence-electron chi connectivity index (χ2n) is 10.2. The number of aliphatic hydroxyl groups is 1. The van der Waals surface area contributed by atoms with E-state index in [9.17, 15) is 34.2 Å². The molecule has 2 fully saturated rings. The fourth-order valence-corrected chi connectivity index (χ4v) is 6.37. The maximum atomic E-state index is 13.6. The molecule has 5 rings (SSSR count). The van der Waals surface area contributed by atoms with Crippen molar-refractivity contribution in [2.45, 2.75) is 37.7 Å². The number of ether oxygens (including phenoxy) is 1. The maximum absolute atomic E-state index is 13.6. The van der Waals surface area contributed by atoms with Crippen molar-refractivity contribution in [3.05, 3.63) is 58.7 Å². The van der Waals surface area contributed by atoms with Gasteiger partial charge in [-0.05, 0) is 66.5 Å². The summed E-state index contributed by atoms with van der Waals surface area (Å²) in [4.78, 5) is 64.4. The van der Waals surface area contributed by atoms with Gasteiger partial charge in [0.15, 0.2) is 34.7 Å². The average Bonchev–Trinajstić information content (AvgIpc) is 2.85. The fourth-order valence-electron chi connectivity index (χ4n) is 6.37. The molecule has 37 heavy (non-hydrogen) atoms. The Bertz CT molecular complexity index is 1360. The summed E-state index contributed by atoms with van der Waals surface area (Å²) in [6.45, 7) is 0. The van der Waals surface area contributed by atoms with Gasteiger partial charge in [-0.25, -0.2) is 0 Å². The minimum Gasteiger partial charge on any atom is -0.507 e. The second-order valence-corrected chi connectivity index (χ2v) is 10.2. The first-order valence-corrected chi connectivity index (χ1v) is 12.2. The van der Waals surface area contributed by atoms with E-state index in [0.717, 1.165) is 16.9 Å². The Morgan fingerprint density at radius 2 is 1.84 bits per heavy atom. The van der Waals surface area contributed by atoms with Gasteiger partial charge in [0.25, 0.3) is 0 Å². The van der Waals surface area contributed by atoms with Crippen molar-refractivity contribution in [1.82, 2.24) is 0 Å². The van der Waals surface area contributed by atoms with Gasteiger partial charge in [0, 0.05) is 12.3 Å². The lowest BCUT2D eigenvalue weighted by Gasteiger charge is -2.48. The summed E-state index contributed by atoms with van der Waals surface area (Å²) in [7, 11) is 1.59. The van der Waals surface area contributed by atoms with Crippen molar-refractivity contribution in [2.24, 2.45) is 29.4 Å². The number of phenols is 1. The normalized spacial score (nSPS) is 28.8. The molecule has 1 amide bonds. The Balaban J connectivity index is 1.49. The predicted molar refractivity (Wildman–Crippen MR) is 129 cm³/mol. The Morgan fingerprint density at radius 3 is 2.54 bits per heavy atom. The zero-order valence-corrected chi connectivity index (χ0v) is 20.2. The van der Waals surface area contributed by atoms with Gasteiger partial charge < -0.3 is 20.7 Å². The SMILES string of the molecule is COc1cccc(CCc2ccc(O)c3c2C[C@H]2C[C@H]4CC(=O)C(C(N)=O)C(=O)[C@@]4(O)C(=O)C2C3=O)c1. The molecular weight excluding hydrogens is 478 g/mol. The quantitative estimate of drug-likeness (QED) is 0.510. The van der Waals surface area contributed by atoms with Crippen LogP contribution in [-0.2, 0) is 38.4 Å². The summed E-state index contributed by atoms with van der Waals surface area (Å²) in [6, 6.07) is 10.8. The monoisotopic (exact) mass is 505 g/mol. The summed E-state index contributed by atoms with van der Waals surface area (Å²) < 4.78 is 5.28. The van der Waals surface area contributed by atoms with Gasteiger partial charge in [-0.2, -0.15) is 0 Å². The van der Waals surface area contributed by atoms with E-state index in [1.807, 2.05) is 24.3 Å². The second kappa shape index (κ2) is 8.92. The Hall–Kier alpha value is -3.85. The third kappa shape index (κ3) is 3.76. The van der Waals surface area contributed by atoms with Crippen molar-refractivity contribution in [2.75, 3.05) is 7.11 Å². The topological polar surface area (TPSA) is 161 Å². The van der Waals surface area contributed by atoms with Crippen LogP contribution in [0.3, 0.4) is 0 Å². The van der Waals surface area contributed by atoms with Crippen LogP contribution in [0.15, 0.2) is 36.4 Å². The third-order valence-electron chi connectivity index (χ3n) is 8.20. The molecule has 0 spiro atoms. The molecule has 4 N–H and O–H groups in total. The summed E-state index contributed by atoms with van der Waals surface area (Å²) in [5.41, 5.74) is 5.10. The number of methoxy groups -OCH3 is 1. The molecule has 2 saturated carbocycles. The van der Waals surface area contributed by atoms with E-state index < -0.39 is 58.3 Å². The summed E-state index contributed by atoms with van der Waals surface area (Å²) in [5, 5.41) is 21.9. The van der Waals surface area contributed by atoms with Crippen LogP contribution >= 0.6 is 0 Å². The van der Waals surface area contributed by atoms with E-state index in [1.54, 1.807) is 13.2 Å². The highest BCUT2D eigenvalue weighted by atomic mass is 16.5. The van der Waals surface area contributed by atoms with E-state index in [4.69, 9.17) is 10.5 Å². The molecule has 2 unspecified atom stereocenters. The van der Waals surface area contributed by atoms with Crippen LogP contribution in [0.5, 0.6) is 11.5 Å². The van der Waals surface area contributed by atoms with Crippen molar-refractivity contribution < 1.29 is 38.9 Å². The van der Waals surface area contributed by atoms with E-state index >= 15 is 0 Å². The van der Waals surface area contributed by atoms with Crippen LogP contribution in [0.1, 0.15) is 39.9 Å². The van der Waals surface area contributed by atoms with E-state index in [2.05, 4.69) is 0 Å². The van der Waals surface area contributed by atoms with Gasteiger partial charge in [-0.15, -0.1) is 0 Å². The van der Waals surface area contributed by atoms with Crippen LogP contribution in [0.2, 0.25) is 0 Å². The Kier molecular flexibility index (Phi) is 5.98.